The summed E-state index contributed by atoms with van der Waals surface area (Å²) in [5, 5.41) is 7.01. The molecule has 3 aliphatic heterocycles. The fraction of sp³-hybridized carbons (Fsp3) is 0.545. The van der Waals surface area contributed by atoms with Crippen molar-refractivity contribution in [3.63, 3.8) is 0 Å². The number of nitrogens with one attached hydrogen (secondary N) is 4. The van der Waals surface area contributed by atoms with Crippen LogP contribution in [0.25, 0.3) is 0 Å². The summed E-state index contributed by atoms with van der Waals surface area (Å²) in [7, 11) is 1.64. The van der Waals surface area contributed by atoms with E-state index in [1.165, 1.54) is 0 Å². The lowest BCUT2D eigenvalue weighted by molar-refractivity contribution is 0.0742. The Morgan fingerprint density at radius 1 is 1.29 bits per heavy atom. The summed E-state index contributed by atoms with van der Waals surface area (Å²) in [5.41, 5.74) is 8.52. The smallest absolute Gasteiger partial charge is 0.332 e. The second kappa shape index (κ2) is 9.25. The number of nitrogens with zero attached hydrogens (tertiary/aromatic N) is 2. The van der Waals surface area contributed by atoms with Gasteiger partial charge in [-0.25, -0.2) is 10.2 Å². The number of hydrogen-bond donors (Lipinski definition) is 4. The first-order valence-corrected chi connectivity index (χ1v) is 10.8. The second-order valence-electron chi connectivity index (χ2n) is 8.55. The molecule has 1 aromatic carbocycles. The van der Waals surface area contributed by atoms with Gasteiger partial charge >= 0.3 is 6.03 Å². The highest BCUT2D eigenvalue weighted by Crippen LogP contribution is 2.33. The standard InChI is InChI=1S/C22H32N6O3/c1-22(2)18-13-23-20(25-16-8-10-31-11-9-16)26-19(18)14-28(22)21(29)27-24-12-15-4-6-17(30-3)7-5-15/h4-7,13,16,20,24-26H,8-12,14H2,1-3H3,(H,27,29). The summed E-state index contributed by atoms with van der Waals surface area (Å²) in [6.07, 6.45) is 3.70. The SMILES string of the molecule is COc1ccc(CNNC(=O)N2CC3=C(C=NC(NC4CCOCC4)N3)C2(C)C)cc1. The van der Waals surface area contributed by atoms with Gasteiger partial charge in [0.2, 0.25) is 0 Å². The van der Waals surface area contributed by atoms with Crippen LogP contribution < -0.4 is 26.2 Å². The number of rotatable bonds is 6. The Kier molecular flexibility index (Phi) is 6.45. The van der Waals surface area contributed by atoms with E-state index in [2.05, 4.69) is 26.5 Å². The lowest BCUT2D eigenvalue weighted by Gasteiger charge is -2.33. The minimum absolute atomic E-state index is 0.169. The average molecular weight is 429 g/mol. The molecule has 4 rings (SSSR count). The van der Waals surface area contributed by atoms with Crippen LogP contribution in [-0.4, -0.2) is 61.9 Å². The molecule has 9 heteroatoms. The number of urea groups is 1. The molecule has 0 radical (unpaired) electrons. The van der Waals surface area contributed by atoms with E-state index in [1.807, 2.05) is 49.2 Å². The predicted octanol–water partition coefficient (Wildman–Crippen LogP) is 1.48. The van der Waals surface area contributed by atoms with Crippen molar-refractivity contribution in [2.45, 2.75) is 51.1 Å². The van der Waals surface area contributed by atoms with Gasteiger partial charge < -0.3 is 19.7 Å². The van der Waals surface area contributed by atoms with Crippen LogP contribution >= 0.6 is 0 Å². The molecule has 1 fully saturated rings. The average Bonchev–Trinajstić information content (AvgIpc) is 3.05. The molecular formula is C22H32N6O3. The molecule has 9 nitrogen and oxygen atoms in total. The molecule has 31 heavy (non-hydrogen) atoms. The van der Waals surface area contributed by atoms with Gasteiger partial charge in [-0.05, 0) is 44.4 Å². The van der Waals surface area contributed by atoms with Crippen LogP contribution in [0.3, 0.4) is 0 Å². The number of hydrazine groups is 1. The van der Waals surface area contributed by atoms with Gasteiger partial charge in [0.05, 0.1) is 19.2 Å². The van der Waals surface area contributed by atoms with Gasteiger partial charge in [0.1, 0.15) is 5.75 Å². The molecule has 168 valence electrons. The van der Waals surface area contributed by atoms with Crippen molar-refractivity contribution < 1.29 is 14.3 Å². The zero-order valence-corrected chi connectivity index (χ0v) is 18.4. The maximum absolute atomic E-state index is 12.9. The monoisotopic (exact) mass is 428 g/mol. The Hall–Kier alpha value is -2.62. The number of ether oxygens (including phenoxy) is 2. The predicted molar refractivity (Wildman–Crippen MR) is 119 cm³/mol. The molecule has 2 amide bonds. The van der Waals surface area contributed by atoms with E-state index in [9.17, 15) is 4.79 Å². The van der Waals surface area contributed by atoms with E-state index < -0.39 is 5.54 Å². The van der Waals surface area contributed by atoms with E-state index in [0.29, 0.717) is 19.1 Å². The molecule has 1 unspecified atom stereocenters. The molecule has 1 saturated heterocycles. The largest absolute Gasteiger partial charge is 0.497 e. The van der Waals surface area contributed by atoms with E-state index in [0.717, 1.165) is 48.6 Å². The van der Waals surface area contributed by atoms with E-state index in [-0.39, 0.29) is 12.3 Å². The third-order valence-electron chi connectivity index (χ3n) is 6.15. The lowest BCUT2D eigenvalue weighted by atomic mass is 9.95. The molecule has 0 saturated carbocycles. The number of aliphatic imine (C=N–C) groups is 1. The van der Waals surface area contributed by atoms with Gasteiger partial charge in [0.25, 0.3) is 0 Å². The molecule has 0 aromatic heterocycles. The van der Waals surface area contributed by atoms with E-state index in [1.54, 1.807) is 7.11 Å². The zero-order chi connectivity index (χ0) is 21.8. The zero-order valence-electron chi connectivity index (χ0n) is 18.4. The molecule has 4 N–H and O–H groups in total. The summed E-state index contributed by atoms with van der Waals surface area (Å²) in [6, 6.07) is 7.94. The topological polar surface area (TPSA) is 99.3 Å². The Labute approximate surface area is 183 Å². The first-order chi connectivity index (χ1) is 15.0. The van der Waals surface area contributed by atoms with Crippen molar-refractivity contribution in [3.05, 3.63) is 41.1 Å². The first-order valence-electron chi connectivity index (χ1n) is 10.8. The van der Waals surface area contributed by atoms with Crippen LogP contribution in [0.1, 0.15) is 32.3 Å². The summed E-state index contributed by atoms with van der Waals surface area (Å²) in [6.45, 7) is 6.68. The van der Waals surface area contributed by atoms with Gasteiger partial charge in [-0.1, -0.05) is 12.1 Å². The minimum Gasteiger partial charge on any atom is -0.497 e. The molecular weight excluding hydrogens is 396 g/mol. The Morgan fingerprint density at radius 3 is 2.74 bits per heavy atom. The van der Waals surface area contributed by atoms with Gasteiger partial charge in [-0.2, -0.15) is 0 Å². The molecule has 1 atom stereocenters. The summed E-state index contributed by atoms with van der Waals surface area (Å²) < 4.78 is 10.6. The molecule has 0 aliphatic carbocycles. The number of amides is 2. The lowest BCUT2D eigenvalue weighted by Crippen LogP contribution is -2.53. The van der Waals surface area contributed by atoms with Crippen LogP contribution in [0, 0.1) is 0 Å². The van der Waals surface area contributed by atoms with Crippen molar-refractivity contribution in [1.29, 1.82) is 0 Å². The second-order valence-corrected chi connectivity index (χ2v) is 8.55. The third-order valence-corrected chi connectivity index (χ3v) is 6.15. The minimum atomic E-state index is -0.457. The molecule has 3 aliphatic rings. The Morgan fingerprint density at radius 2 is 2.03 bits per heavy atom. The highest BCUT2D eigenvalue weighted by atomic mass is 16.5. The van der Waals surface area contributed by atoms with E-state index in [4.69, 9.17) is 9.47 Å². The fourth-order valence-electron chi connectivity index (χ4n) is 4.20. The Balaban J connectivity index is 1.30. The van der Waals surface area contributed by atoms with Gasteiger partial charge in [-0.3, -0.25) is 15.7 Å². The van der Waals surface area contributed by atoms with Gasteiger partial charge in [0.15, 0.2) is 6.29 Å². The number of hydrogen-bond acceptors (Lipinski definition) is 7. The maximum Gasteiger partial charge on any atom is 0.332 e. The van der Waals surface area contributed by atoms with Crippen molar-refractivity contribution in [2.75, 3.05) is 26.9 Å². The normalized spacial score (nSPS) is 22.8. The van der Waals surface area contributed by atoms with Crippen LogP contribution in [0.5, 0.6) is 5.75 Å². The van der Waals surface area contributed by atoms with Crippen LogP contribution in [0.4, 0.5) is 4.79 Å². The summed E-state index contributed by atoms with van der Waals surface area (Å²) in [4.78, 5) is 19.4. The molecule has 3 heterocycles. The van der Waals surface area contributed by atoms with Gasteiger partial charge in [0, 0.05) is 43.3 Å². The van der Waals surface area contributed by atoms with Crippen molar-refractivity contribution in [2.24, 2.45) is 4.99 Å². The highest BCUT2D eigenvalue weighted by Gasteiger charge is 2.43. The molecule has 0 spiro atoms. The van der Waals surface area contributed by atoms with Crippen molar-refractivity contribution in [3.8, 4) is 5.75 Å². The molecule has 1 aromatic rings. The molecule has 0 bridgehead atoms. The highest BCUT2D eigenvalue weighted by molar-refractivity contribution is 5.88. The fourth-order valence-corrected chi connectivity index (χ4v) is 4.20. The number of benzene rings is 1. The van der Waals surface area contributed by atoms with Crippen LogP contribution in [-0.2, 0) is 11.3 Å². The van der Waals surface area contributed by atoms with E-state index >= 15 is 0 Å². The number of carbonyl (C=O) groups is 1. The number of methoxy groups -OCH3 is 1. The third kappa shape index (κ3) is 4.84. The first kappa shape index (κ1) is 21.6. The quantitative estimate of drug-likeness (QED) is 0.513. The van der Waals surface area contributed by atoms with Crippen LogP contribution in [0.15, 0.2) is 40.5 Å². The number of carbonyl (C=O) groups excluding carboxylic acids is 1. The summed E-state index contributed by atoms with van der Waals surface area (Å²) in [5.74, 6) is 0.807. The Bertz CT molecular complexity index is 845. The van der Waals surface area contributed by atoms with Gasteiger partial charge in [-0.15, -0.1) is 0 Å². The van der Waals surface area contributed by atoms with Crippen molar-refractivity contribution in [1.82, 2.24) is 26.4 Å². The maximum atomic E-state index is 12.9. The summed E-state index contributed by atoms with van der Waals surface area (Å²) >= 11 is 0. The van der Waals surface area contributed by atoms with Crippen molar-refractivity contribution >= 4 is 12.2 Å². The van der Waals surface area contributed by atoms with Crippen LogP contribution in [0.2, 0.25) is 0 Å².